The van der Waals surface area contributed by atoms with Crippen molar-refractivity contribution < 1.29 is 9.59 Å². The zero-order valence-electron chi connectivity index (χ0n) is 7.77. The second kappa shape index (κ2) is 5.24. The lowest BCUT2D eigenvalue weighted by Crippen LogP contribution is -2.22. The molecule has 14 heavy (non-hydrogen) atoms. The van der Waals surface area contributed by atoms with Gasteiger partial charge in [-0.1, -0.05) is 11.5 Å². The molecule has 0 saturated carbocycles. The van der Waals surface area contributed by atoms with E-state index in [-0.39, 0.29) is 17.7 Å². The quantitative estimate of drug-likeness (QED) is 0.234. The van der Waals surface area contributed by atoms with E-state index in [2.05, 4.69) is 15.3 Å². The number of nitrogens with zero attached hydrogens (tertiary/aromatic N) is 3. The molecule has 6 nitrogen and oxygen atoms in total. The van der Waals surface area contributed by atoms with Gasteiger partial charge in [-0.25, -0.2) is 0 Å². The summed E-state index contributed by atoms with van der Waals surface area (Å²) in [5.41, 5.74) is 8.00. The van der Waals surface area contributed by atoms with Crippen LogP contribution in [0.5, 0.6) is 0 Å². The molecule has 0 aromatic rings. The molecular weight excluding hydrogens is 184 g/mol. The smallest absolute Gasteiger partial charge is 0.230 e. The first-order chi connectivity index (χ1) is 6.74. The van der Waals surface area contributed by atoms with Crippen molar-refractivity contribution in [2.24, 2.45) is 11.0 Å². The summed E-state index contributed by atoms with van der Waals surface area (Å²) in [6, 6.07) is 0. The summed E-state index contributed by atoms with van der Waals surface area (Å²) in [6.07, 6.45) is 2.57. The van der Waals surface area contributed by atoms with Gasteiger partial charge in [0.1, 0.15) is 0 Å². The van der Waals surface area contributed by atoms with Crippen LogP contribution < -0.4 is 5.32 Å². The van der Waals surface area contributed by atoms with E-state index < -0.39 is 0 Å². The van der Waals surface area contributed by atoms with E-state index in [0.29, 0.717) is 19.4 Å². The van der Waals surface area contributed by atoms with E-state index in [1.165, 1.54) is 0 Å². The van der Waals surface area contributed by atoms with Crippen LogP contribution in [-0.2, 0) is 9.59 Å². The lowest BCUT2D eigenvalue weighted by Gasteiger charge is -2.03. The highest BCUT2D eigenvalue weighted by Crippen LogP contribution is 2.17. The average Bonchev–Trinajstić information content (AvgIpc) is 2.45. The number of carbonyl (C=O) groups is 2. The number of rotatable bonds is 5. The van der Waals surface area contributed by atoms with Gasteiger partial charge >= 0.3 is 0 Å². The van der Waals surface area contributed by atoms with E-state index in [9.17, 15) is 9.59 Å². The van der Waals surface area contributed by atoms with Crippen LogP contribution in [0, 0.1) is 5.92 Å². The lowest BCUT2D eigenvalue weighted by molar-refractivity contribution is -0.125. The molecule has 0 aromatic carbocycles. The molecule has 1 fully saturated rings. The number of hydrogen-bond donors (Lipinski definition) is 1. The summed E-state index contributed by atoms with van der Waals surface area (Å²) in [6.45, 7) is 0.457. The van der Waals surface area contributed by atoms with Crippen molar-refractivity contribution in [2.45, 2.75) is 25.7 Å². The Balaban J connectivity index is 2.15. The number of nitrogens with one attached hydrogen (secondary N) is 1. The minimum Gasteiger partial charge on any atom is -0.296 e. The third kappa shape index (κ3) is 3.06. The SMILES string of the molecule is [N-]=[N+]=NCCCCC1CC(=O)NC1=O. The summed E-state index contributed by atoms with van der Waals surface area (Å²) in [7, 11) is 0. The first kappa shape index (κ1) is 10.5. The molecular formula is C8H12N4O2. The highest BCUT2D eigenvalue weighted by atomic mass is 16.2. The molecule has 1 N–H and O–H groups in total. The molecule has 1 atom stereocenters. The summed E-state index contributed by atoms with van der Waals surface area (Å²) in [4.78, 5) is 24.5. The van der Waals surface area contributed by atoms with E-state index in [0.717, 1.165) is 12.8 Å². The molecule has 1 unspecified atom stereocenters. The van der Waals surface area contributed by atoms with Crippen molar-refractivity contribution in [1.29, 1.82) is 0 Å². The second-order valence-electron chi connectivity index (χ2n) is 3.26. The molecule has 1 rings (SSSR count). The van der Waals surface area contributed by atoms with Crippen LogP contribution in [0.15, 0.2) is 5.11 Å². The van der Waals surface area contributed by atoms with Gasteiger partial charge in [0.25, 0.3) is 0 Å². The number of unbranched alkanes of at least 4 members (excludes halogenated alkanes) is 1. The minimum absolute atomic E-state index is 0.168. The molecule has 0 spiro atoms. The van der Waals surface area contributed by atoms with Crippen LogP contribution in [0.2, 0.25) is 0 Å². The molecule has 1 aliphatic heterocycles. The Morgan fingerprint density at radius 1 is 1.50 bits per heavy atom. The fourth-order valence-electron chi connectivity index (χ4n) is 1.46. The maximum absolute atomic E-state index is 11.1. The van der Waals surface area contributed by atoms with Gasteiger partial charge in [0.05, 0.1) is 0 Å². The molecule has 2 amide bonds. The molecule has 0 aromatic heterocycles. The predicted octanol–water partition coefficient (Wildman–Crippen LogP) is 1.13. The monoisotopic (exact) mass is 196 g/mol. The molecule has 1 heterocycles. The lowest BCUT2D eigenvalue weighted by atomic mass is 10.0. The van der Waals surface area contributed by atoms with Gasteiger partial charge in [-0.3, -0.25) is 14.9 Å². The number of amides is 2. The van der Waals surface area contributed by atoms with Gasteiger partial charge in [-0.15, -0.1) is 0 Å². The van der Waals surface area contributed by atoms with Crippen molar-refractivity contribution in [2.75, 3.05) is 6.54 Å². The largest absolute Gasteiger partial charge is 0.296 e. The fraction of sp³-hybridized carbons (Fsp3) is 0.750. The van der Waals surface area contributed by atoms with Gasteiger partial charge in [0.15, 0.2) is 0 Å². The Hall–Kier alpha value is -1.55. The maximum atomic E-state index is 11.1. The zero-order chi connectivity index (χ0) is 10.4. The van der Waals surface area contributed by atoms with Gasteiger partial charge in [-0.2, -0.15) is 0 Å². The zero-order valence-corrected chi connectivity index (χ0v) is 7.77. The number of azide groups is 1. The molecule has 6 heteroatoms. The maximum Gasteiger partial charge on any atom is 0.230 e. The Morgan fingerprint density at radius 3 is 2.86 bits per heavy atom. The Bertz CT molecular complexity index is 283. The predicted molar refractivity (Wildman–Crippen MR) is 49.1 cm³/mol. The van der Waals surface area contributed by atoms with Crippen LogP contribution in [0.4, 0.5) is 0 Å². The third-order valence-corrected chi connectivity index (χ3v) is 2.19. The molecule has 0 bridgehead atoms. The average molecular weight is 196 g/mol. The molecule has 76 valence electrons. The number of imide groups is 1. The Morgan fingerprint density at radius 2 is 2.29 bits per heavy atom. The Labute approximate surface area is 81.3 Å². The first-order valence-electron chi connectivity index (χ1n) is 4.58. The summed E-state index contributed by atoms with van der Waals surface area (Å²) < 4.78 is 0. The number of carbonyl (C=O) groups excluding carboxylic acids is 2. The normalized spacial score (nSPS) is 20.4. The second-order valence-corrected chi connectivity index (χ2v) is 3.26. The van der Waals surface area contributed by atoms with Gasteiger partial charge in [0.2, 0.25) is 11.8 Å². The van der Waals surface area contributed by atoms with Crippen molar-refractivity contribution in [1.82, 2.24) is 5.32 Å². The standard InChI is InChI=1S/C8H12N4O2/c9-12-10-4-2-1-3-6-5-7(13)11-8(6)14/h6H,1-5H2,(H,11,13,14). The molecule has 1 saturated heterocycles. The summed E-state index contributed by atoms with van der Waals surface area (Å²) in [5.74, 6) is -0.526. The van der Waals surface area contributed by atoms with Gasteiger partial charge in [0, 0.05) is 23.8 Å². The van der Waals surface area contributed by atoms with Crippen molar-refractivity contribution in [3.8, 4) is 0 Å². The van der Waals surface area contributed by atoms with Gasteiger partial charge in [-0.05, 0) is 18.4 Å². The van der Waals surface area contributed by atoms with E-state index in [1.807, 2.05) is 0 Å². The molecule has 1 aliphatic rings. The van der Waals surface area contributed by atoms with Gasteiger partial charge < -0.3 is 0 Å². The highest BCUT2D eigenvalue weighted by molar-refractivity contribution is 6.03. The van der Waals surface area contributed by atoms with E-state index >= 15 is 0 Å². The summed E-state index contributed by atoms with van der Waals surface area (Å²) >= 11 is 0. The van der Waals surface area contributed by atoms with Crippen molar-refractivity contribution in [3.05, 3.63) is 10.4 Å². The van der Waals surface area contributed by atoms with Crippen LogP contribution in [0.25, 0.3) is 10.4 Å². The fourth-order valence-corrected chi connectivity index (χ4v) is 1.46. The van der Waals surface area contributed by atoms with Crippen LogP contribution in [-0.4, -0.2) is 18.4 Å². The highest BCUT2D eigenvalue weighted by Gasteiger charge is 2.29. The van der Waals surface area contributed by atoms with Crippen molar-refractivity contribution in [3.63, 3.8) is 0 Å². The van der Waals surface area contributed by atoms with Crippen molar-refractivity contribution >= 4 is 11.8 Å². The Kier molecular flexibility index (Phi) is 3.94. The van der Waals surface area contributed by atoms with E-state index in [4.69, 9.17) is 5.53 Å². The topological polar surface area (TPSA) is 94.9 Å². The summed E-state index contributed by atoms with van der Waals surface area (Å²) in [5, 5.41) is 5.64. The third-order valence-electron chi connectivity index (χ3n) is 2.19. The first-order valence-corrected chi connectivity index (χ1v) is 4.58. The van der Waals surface area contributed by atoms with Crippen LogP contribution in [0.1, 0.15) is 25.7 Å². The van der Waals surface area contributed by atoms with Crippen LogP contribution in [0.3, 0.4) is 0 Å². The van der Waals surface area contributed by atoms with E-state index in [1.54, 1.807) is 0 Å². The molecule has 0 aliphatic carbocycles. The minimum atomic E-state index is -0.185. The number of hydrogen-bond acceptors (Lipinski definition) is 3. The van der Waals surface area contributed by atoms with Crippen LogP contribution >= 0.6 is 0 Å². The molecule has 0 radical (unpaired) electrons.